The first-order chi connectivity index (χ1) is 6.34. The van der Waals surface area contributed by atoms with Gasteiger partial charge in [-0.2, -0.15) is 0 Å². The van der Waals surface area contributed by atoms with E-state index in [4.69, 9.17) is 10.2 Å². The second-order valence-corrected chi connectivity index (χ2v) is 3.35. The second kappa shape index (κ2) is 5.74. The van der Waals surface area contributed by atoms with Crippen molar-refractivity contribution in [2.75, 3.05) is 0 Å². The monoisotopic (exact) mass is 226 g/mol. The van der Waals surface area contributed by atoms with Gasteiger partial charge in [0.2, 0.25) is 0 Å². The molecule has 0 saturated carbocycles. The highest BCUT2D eigenvalue weighted by molar-refractivity contribution is 7.34. The molecule has 0 aliphatic rings. The summed E-state index contributed by atoms with van der Waals surface area (Å²) >= 11 is 0. The van der Waals surface area contributed by atoms with Crippen LogP contribution < -0.4 is 0 Å². The van der Waals surface area contributed by atoms with Crippen molar-refractivity contribution in [1.29, 1.82) is 0 Å². The van der Waals surface area contributed by atoms with E-state index in [1.807, 2.05) is 0 Å². The van der Waals surface area contributed by atoms with E-state index in [0.717, 1.165) is 13.8 Å². The fourth-order valence-corrected chi connectivity index (χ4v) is 1.07. The Morgan fingerprint density at radius 2 is 1.36 bits per heavy atom. The van der Waals surface area contributed by atoms with Gasteiger partial charge >= 0.3 is 20.2 Å². The minimum Gasteiger partial charge on any atom is -0.383 e. The summed E-state index contributed by atoms with van der Waals surface area (Å²) in [7, 11) is -3.35. The Morgan fingerprint density at radius 1 is 1.07 bits per heavy atom. The van der Waals surface area contributed by atoms with Crippen molar-refractivity contribution in [2.24, 2.45) is 0 Å². The maximum absolute atomic E-state index is 10.7. The number of carbonyl (C=O) groups excluding carboxylic acids is 2. The number of hydrogen-bond donors (Lipinski definition) is 2. The van der Waals surface area contributed by atoms with Gasteiger partial charge in [-0.1, -0.05) is 0 Å². The maximum Gasteiger partial charge on any atom is 0.423 e. The lowest BCUT2D eigenvalue weighted by Crippen LogP contribution is -2.19. The molecule has 0 rings (SSSR count). The Bertz CT molecular complexity index is 223. The predicted molar refractivity (Wildman–Crippen MR) is 44.5 cm³/mol. The quantitative estimate of drug-likeness (QED) is 0.605. The zero-order chi connectivity index (χ0) is 11.3. The smallest absolute Gasteiger partial charge is 0.383 e. The number of aliphatic hydroxyl groups is 2. The Hall–Kier alpha value is -0.910. The standard InChI is InChI=1S/C6H11O7P/c1-3(7)5(9)12-14(11)13-6(10)4(2)8/h3-4,7-8,14H,1-2H3. The van der Waals surface area contributed by atoms with Crippen molar-refractivity contribution < 1.29 is 33.4 Å². The van der Waals surface area contributed by atoms with Gasteiger partial charge in [-0.15, -0.1) is 0 Å². The molecular weight excluding hydrogens is 215 g/mol. The average Bonchev–Trinajstić information content (AvgIpc) is 2.03. The minimum atomic E-state index is -3.35. The van der Waals surface area contributed by atoms with Gasteiger partial charge in [0.25, 0.3) is 0 Å². The molecule has 0 bridgehead atoms. The number of carbonyl (C=O) groups is 2. The molecule has 0 spiro atoms. The molecular formula is C6H11O7P. The molecule has 0 amide bonds. The van der Waals surface area contributed by atoms with E-state index >= 15 is 0 Å². The third-order valence-electron chi connectivity index (χ3n) is 1.05. The number of rotatable bonds is 4. The van der Waals surface area contributed by atoms with Crippen LogP contribution in [0.2, 0.25) is 0 Å². The highest BCUT2D eigenvalue weighted by Gasteiger charge is 2.19. The molecule has 0 fully saturated rings. The Labute approximate surface area is 80.6 Å². The van der Waals surface area contributed by atoms with Crippen LogP contribution in [0.25, 0.3) is 0 Å². The van der Waals surface area contributed by atoms with E-state index in [-0.39, 0.29) is 0 Å². The van der Waals surface area contributed by atoms with Gasteiger partial charge in [0, 0.05) is 0 Å². The summed E-state index contributed by atoms with van der Waals surface area (Å²) in [5.41, 5.74) is 0. The molecule has 82 valence electrons. The maximum atomic E-state index is 10.7. The molecule has 0 aromatic rings. The van der Waals surface area contributed by atoms with Crippen LogP contribution in [0, 0.1) is 0 Å². The third kappa shape index (κ3) is 4.96. The molecule has 0 saturated heterocycles. The zero-order valence-electron chi connectivity index (χ0n) is 7.59. The largest absolute Gasteiger partial charge is 0.423 e. The second-order valence-electron chi connectivity index (χ2n) is 2.44. The highest BCUT2D eigenvalue weighted by Crippen LogP contribution is 2.25. The summed E-state index contributed by atoms with van der Waals surface area (Å²) in [6, 6.07) is 0. The molecule has 0 aromatic carbocycles. The average molecular weight is 226 g/mol. The Balaban J connectivity index is 4.00. The summed E-state index contributed by atoms with van der Waals surface area (Å²) in [5.74, 6) is -2.32. The van der Waals surface area contributed by atoms with Gasteiger partial charge < -0.3 is 19.3 Å². The lowest BCUT2D eigenvalue weighted by atomic mass is 10.4. The van der Waals surface area contributed by atoms with E-state index in [1.165, 1.54) is 0 Å². The van der Waals surface area contributed by atoms with E-state index in [9.17, 15) is 14.2 Å². The van der Waals surface area contributed by atoms with Gasteiger partial charge in [-0.3, -0.25) is 0 Å². The topological polar surface area (TPSA) is 110 Å². The summed E-state index contributed by atoms with van der Waals surface area (Å²) in [5, 5.41) is 17.3. The van der Waals surface area contributed by atoms with Crippen LogP contribution in [0.5, 0.6) is 0 Å². The van der Waals surface area contributed by atoms with Gasteiger partial charge in [0.15, 0.2) is 0 Å². The van der Waals surface area contributed by atoms with Gasteiger partial charge in [-0.25, -0.2) is 14.2 Å². The number of hydrogen-bond acceptors (Lipinski definition) is 7. The molecule has 2 N–H and O–H groups in total. The molecule has 14 heavy (non-hydrogen) atoms. The van der Waals surface area contributed by atoms with Crippen molar-refractivity contribution in [2.45, 2.75) is 26.1 Å². The fraction of sp³-hybridized carbons (Fsp3) is 0.667. The Morgan fingerprint density at radius 3 is 1.57 bits per heavy atom. The van der Waals surface area contributed by atoms with Gasteiger partial charge in [0.05, 0.1) is 0 Å². The van der Waals surface area contributed by atoms with Crippen molar-refractivity contribution in [1.82, 2.24) is 0 Å². The third-order valence-corrected chi connectivity index (χ3v) is 1.79. The van der Waals surface area contributed by atoms with Crippen LogP contribution in [0.4, 0.5) is 0 Å². The predicted octanol–water partition coefficient (Wildman–Crippen LogP) is -0.776. The van der Waals surface area contributed by atoms with Gasteiger partial charge in [0.1, 0.15) is 12.2 Å². The van der Waals surface area contributed by atoms with Crippen LogP contribution in [-0.4, -0.2) is 34.4 Å². The molecule has 0 heterocycles. The summed E-state index contributed by atoms with van der Waals surface area (Å²) < 4.78 is 18.8. The first-order valence-electron chi connectivity index (χ1n) is 3.68. The normalized spacial score (nSPS) is 16.6. The van der Waals surface area contributed by atoms with E-state index in [1.54, 1.807) is 0 Å². The molecule has 0 aliphatic heterocycles. The molecule has 0 aromatic heterocycles. The summed E-state index contributed by atoms with van der Waals surface area (Å²) in [6.45, 7) is 2.21. The van der Waals surface area contributed by atoms with Crippen LogP contribution >= 0.6 is 8.25 Å². The Kier molecular flexibility index (Phi) is 5.37. The molecule has 2 atom stereocenters. The molecule has 7 nitrogen and oxygen atoms in total. The minimum absolute atomic E-state index is 1.11. The van der Waals surface area contributed by atoms with Crippen LogP contribution in [0.3, 0.4) is 0 Å². The molecule has 0 radical (unpaired) electrons. The van der Waals surface area contributed by atoms with E-state index in [0.29, 0.717) is 0 Å². The van der Waals surface area contributed by atoms with Crippen molar-refractivity contribution in [3.05, 3.63) is 0 Å². The summed E-state index contributed by atoms with van der Waals surface area (Å²) in [4.78, 5) is 21.2. The summed E-state index contributed by atoms with van der Waals surface area (Å²) in [6.07, 6.45) is -2.90. The van der Waals surface area contributed by atoms with Crippen molar-refractivity contribution >= 4 is 20.2 Å². The van der Waals surface area contributed by atoms with E-state index in [2.05, 4.69) is 9.05 Å². The highest BCUT2D eigenvalue weighted by atomic mass is 31.1. The molecule has 2 unspecified atom stereocenters. The SMILES string of the molecule is CC(O)C(=O)O[PH](=O)OC(=O)C(C)O. The van der Waals surface area contributed by atoms with Crippen LogP contribution in [0.15, 0.2) is 0 Å². The van der Waals surface area contributed by atoms with Crippen molar-refractivity contribution in [3.8, 4) is 0 Å². The lowest BCUT2D eigenvalue weighted by molar-refractivity contribution is -0.146. The molecule has 0 aliphatic carbocycles. The van der Waals surface area contributed by atoms with Crippen molar-refractivity contribution in [3.63, 3.8) is 0 Å². The zero-order valence-corrected chi connectivity index (χ0v) is 8.59. The van der Waals surface area contributed by atoms with Gasteiger partial charge in [-0.05, 0) is 13.8 Å². The number of aliphatic hydroxyl groups excluding tert-OH is 2. The first-order valence-corrected chi connectivity index (χ1v) is 4.90. The lowest BCUT2D eigenvalue weighted by Gasteiger charge is -2.07. The van der Waals surface area contributed by atoms with Crippen LogP contribution in [-0.2, 0) is 23.2 Å². The van der Waals surface area contributed by atoms with Crippen LogP contribution in [0.1, 0.15) is 13.8 Å². The van der Waals surface area contributed by atoms with E-state index < -0.39 is 32.4 Å². The fourth-order valence-electron chi connectivity index (χ4n) is 0.356. The first kappa shape index (κ1) is 13.1. The molecule has 8 heteroatoms.